The molecule has 94 valence electrons. The summed E-state index contributed by atoms with van der Waals surface area (Å²) in [6.45, 7) is 0.526. The zero-order valence-corrected chi connectivity index (χ0v) is 9.67. The van der Waals surface area contributed by atoms with Crippen LogP contribution in [0.15, 0.2) is 18.3 Å². The van der Waals surface area contributed by atoms with Crippen molar-refractivity contribution in [2.75, 3.05) is 11.9 Å². The van der Waals surface area contributed by atoms with E-state index >= 15 is 0 Å². The molecule has 18 heavy (non-hydrogen) atoms. The molecule has 1 fully saturated rings. The molecule has 2 heterocycles. The molecule has 2 rings (SSSR count). The third-order valence-electron chi connectivity index (χ3n) is 2.79. The molecule has 2 atom stereocenters. The van der Waals surface area contributed by atoms with Gasteiger partial charge in [-0.15, -0.1) is 0 Å². The first-order valence-corrected chi connectivity index (χ1v) is 5.67. The smallest absolute Gasteiger partial charge is 0.332 e. The van der Waals surface area contributed by atoms with Gasteiger partial charge in [-0.3, -0.25) is 0 Å². The minimum atomic E-state index is -0.909. The van der Waals surface area contributed by atoms with Gasteiger partial charge in [0.1, 0.15) is 11.8 Å². The van der Waals surface area contributed by atoms with Crippen LogP contribution in [0.2, 0.25) is 0 Å². The number of anilines is 1. The van der Waals surface area contributed by atoms with E-state index in [4.69, 9.17) is 15.1 Å². The lowest BCUT2D eigenvalue weighted by molar-refractivity contribution is -0.149. The Hall–Kier alpha value is -2.13. The van der Waals surface area contributed by atoms with Gasteiger partial charge in [0, 0.05) is 18.4 Å². The van der Waals surface area contributed by atoms with E-state index in [2.05, 4.69) is 10.3 Å². The Balaban J connectivity index is 1.85. The van der Waals surface area contributed by atoms with Gasteiger partial charge >= 0.3 is 5.97 Å². The van der Waals surface area contributed by atoms with E-state index in [1.54, 1.807) is 18.3 Å². The summed E-state index contributed by atoms with van der Waals surface area (Å²) in [6, 6.07) is 5.35. The van der Waals surface area contributed by atoms with Crippen molar-refractivity contribution in [3.8, 4) is 6.07 Å². The van der Waals surface area contributed by atoms with Crippen molar-refractivity contribution >= 4 is 11.7 Å². The fraction of sp³-hybridized carbons (Fsp3) is 0.417. The highest BCUT2D eigenvalue weighted by atomic mass is 16.5. The molecular formula is C12H13N3O3. The van der Waals surface area contributed by atoms with E-state index in [9.17, 15) is 4.79 Å². The SMILES string of the molecule is N#Cc1cc(NCC2CCC(C(=O)O)O2)ccn1. The summed E-state index contributed by atoms with van der Waals surface area (Å²) < 4.78 is 5.36. The number of carboxylic acid groups (broad SMARTS) is 1. The lowest BCUT2D eigenvalue weighted by atomic mass is 10.2. The minimum Gasteiger partial charge on any atom is -0.479 e. The Morgan fingerprint density at radius 1 is 1.67 bits per heavy atom. The van der Waals surface area contributed by atoms with Crippen LogP contribution >= 0.6 is 0 Å². The Bertz CT molecular complexity index is 484. The van der Waals surface area contributed by atoms with E-state index in [1.165, 1.54) is 0 Å². The first kappa shape index (κ1) is 12.3. The third-order valence-corrected chi connectivity index (χ3v) is 2.79. The number of nitrogens with one attached hydrogen (secondary N) is 1. The van der Waals surface area contributed by atoms with Crippen molar-refractivity contribution in [3.05, 3.63) is 24.0 Å². The number of hydrogen-bond donors (Lipinski definition) is 2. The van der Waals surface area contributed by atoms with E-state index in [-0.39, 0.29) is 6.10 Å². The summed E-state index contributed by atoms with van der Waals surface area (Å²) in [6.07, 6.45) is 2.02. The molecule has 6 heteroatoms. The van der Waals surface area contributed by atoms with Crippen LogP contribution in [0.1, 0.15) is 18.5 Å². The van der Waals surface area contributed by atoms with Crippen LogP contribution < -0.4 is 5.32 Å². The number of aromatic nitrogens is 1. The molecule has 1 aliphatic heterocycles. The predicted molar refractivity (Wildman–Crippen MR) is 63.0 cm³/mol. The minimum absolute atomic E-state index is 0.107. The number of carboxylic acids is 1. The van der Waals surface area contributed by atoms with Crippen LogP contribution in [-0.2, 0) is 9.53 Å². The summed E-state index contributed by atoms with van der Waals surface area (Å²) >= 11 is 0. The van der Waals surface area contributed by atoms with Crippen LogP contribution in [0, 0.1) is 11.3 Å². The van der Waals surface area contributed by atoms with E-state index < -0.39 is 12.1 Å². The number of carbonyl (C=O) groups is 1. The monoisotopic (exact) mass is 247 g/mol. The Kier molecular flexibility index (Phi) is 3.75. The molecule has 0 saturated carbocycles. The van der Waals surface area contributed by atoms with Crippen LogP contribution in [-0.4, -0.2) is 34.8 Å². The van der Waals surface area contributed by atoms with Crippen molar-refractivity contribution in [2.45, 2.75) is 25.0 Å². The number of rotatable bonds is 4. The first-order valence-electron chi connectivity index (χ1n) is 5.67. The maximum Gasteiger partial charge on any atom is 0.332 e. The largest absolute Gasteiger partial charge is 0.479 e. The van der Waals surface area contributed by atoms with Crippen LogP contribution in [0.4, 0.5) is 5.69 Å². The van der Waals surface area contributed by atoms with Gasteiger partial charge in [-0.1, -0.05) is 0 Å². The van der Waals surface area contributed by atoms with Crippen LogP contribution in [0.5, 0.6) is 0 Å². The fourth-order valence-corrected chi connectivity index (χ4v) is 1.87. The number of ether oxygens (including phenoxy) is 1. The zero-order chi connectivity index (χ0) is 13.0. The first-order chi connectivity index (χ1) is 8.69. The Morgan fingerprint density at radius 3 is 3.17 bits per heavy atom. The van der Waals surface area contributed by atoms with Gasteiger partial charge in [0.05, 0.1) is 6.10 Å². The van der Waals surface area contributed by atoms with E-state index in [0.717, 1.165) is 12.1 Å². The second kappa shape index (κ2) is 5.47. The molecule has 0 spiro atoms. The number of nitriles is 1. The second-order valence-electron chi connectivity index (χ2n) is 4.08. The van der Waals surface area contributed by atoms with Crippen LogP contribution in [0.3, 0.4) is 0 Å². The Labute approximate surface area is 104 Å². The number of nitrogens with zero attached hydrogens (tertiary/aromatic N) is 2. The average Bonchev–Trinajstić information content (AvgIpc) is 2.85. The summed E-state index contributed by atoms with van der Waals surface area (Å²) in [5, 5.41) is 20.6. The lowest BCUT2D eigenvalue weighted by Crippen LogP contribution is -2.24. The molecule has 0 aromatic carbocycles. The summed E-state index contributed by atoms with van der Waals surface area (Å²) in [7, 11) is 0. The predicted octanol–water partition coefficient (Wildman–Crippen LogP) is 0.997. The van der Waals surface area contributed by atoms with Gasteiger partial charge in [-0.25, -0.2) is 9.78 Å². The van der Waals surface area contributed by atoms with Gasteiger partial charge in [0.25, 0.3) is 0 Å². The van der Waals surface area contributed by atoms with Crippen molar-refractivity contribution in [2.24, 2.45) is 0 Å². The molecule has 0 amide bonds. The highest BCUT2D eigenvalue weighted by molar-refractivity contribution is 5.72. The van der Waals surface area contributed by atoms with Gasteiger partial charge < -0.3 is 15.2 Å². The van der Waals surface area contributed by atoms with E-state index in [0.29, 0.717) is 18.7 Å². The molecule has 2 unspecified atom stereocenters. The summed E-state index contributed by atoms with van der Waals surface area (Å²) in [5.41, 5.74) is 1.12. The van der Waals surface area contributed by atoms with Gasteiger partial charge in [-0.2, -0.15) is 5.26 Å². The van der Waals surface area contributed by atoms with Crippen molar-refractivity contribution < 1.29 is 14.6 Å². The van der Waals surface area contributed by atoms with Gasteiger partial charge in [0.2, 0.25) is 0 Å². The van der Waals surface area contributed by atoms with Gasteiger partial charge in [0.15, 0.2) is 6.10 Å². The molecule has 6 nitrogen and oxygen atoms in total. The maximum absolute atomic E-state index is 10.7. The molecule has 1 aromatic rings. The van der Waals surface area contributed by atoms with Crippen molar-refractivity contribution in [1.29, 1.82) is 5.26 Å². The molecule has 0 radical (unpaired) electrons. The number of pyridine rings is 1. The normalized spacial score (nSPS) is 22.4. The highest BCUT2D eigenvalue weighted by Crippen LogP contribution is 2.20. The number of aliphatic carboxylic acids is 1. The zero-order valence-electron chi connectivity index (χ0n) is 9.67. The molecule has 0 aliphatic carbocycles. The van der Waals surface area contributed by atoms with Gasteiger partial charge in [-0.05, 0) is 25.0 Å². The summed E-state index contributed by atoms with van der Waals surface area (Å²) in [5.74, 6) is -0.909. The standard InChI is InChI=1S/C12H13N3O3/c13-6-9-5-8(3-4-14-9)15-7-10-1-2-11(18-10)12(16)17/h3-5,10-11H,1-2,7H2,(H,14,15)(H,16,17). The molecule has 1 aliphatic rings. The second-order valence-corrected chi connectivity index (χ2v) is 4.08. The molecule has 1 aromatic heterocycles. The number of hydrogen-bond acceptors (Lipinski definition) is 5. The topological polar surface area (TPSA) is 95.2 Å². The van der Waals surface area contributed by atoms with Crippen molar-refractivity contribution in [1.82, 2.24) is 4.98 Å². The fourth-order valence-electron chi connectivity index (χ4n) is 1.87. The van der Waals surface area contributed by atoms with Crippen molar-refractivity contribution in [3.63, 3.8) is 0 Å². The third kappa shape index (κ3) is 2.96. The molecule has 0 bridgehead atoms. The Morgan fingerprint density at radius 2 is 2.50 bits per heavy atom. The average molecular weight is 247 g/mol. The molecular weight excluding hydrogens is 234 g/mol. The lowest BCUT2D eigenvalue weighted by Gasteiger charge is -2.13. The molecule has 2 N–H and O–H groups in total. The highest BCUT2D eigenvalue weighted by Gasteiger charge is 2.30. The quantitative estimate of drug-likeness (QED) is 0.824. The van der Waals surface area contributed by atoms with E-state index in [1.807, 2.05) is 6.07 Å². The summed E-state index contributed by atoms with van der Waals surface area (Å²) in [4.78, 5) is 14.6. The van der Waals surface area contributed by atoms with Crippen LogP contribution in [0.25, 0.3) is 0 Å². The molecule has 1 saturated heterocycles. The maximum atomic E-state index is 10.7.